The Balaban J connectivity index is 1.61. The lowest BCUT2D eigenvalue weighted by molar-refractivity contribution is -0.121. The van der Waals surface area contributed by atoms with Crippen LogP contribution in [-0.4, -0.2) is 24.1 Å². The summed E-state index contributed by atoms with van der Waals surface area (Å²) in [5.74, 6) is 0.812. The maximum absolute atomic E-state index is 13.2. The topological polar surface area (TPSA) is 53.8 Å². The van der Waals surface area contributed by atoms with Crippen LogP contribution in [0.15, 0.2) is 82.3 Å². The SMILES string of the molecule is O=C(CN1C(=O)CSc2ccccc21)N(Cc1ccco1)c1ccccc1. The Labute approximate surface area is 161 Å². The largest absolute Gasteiger partial charge is 0.467 e. The number of furan rings is 1. The first-order valence-electron chi connectivity index (χ1n) is 8.62. The molecule has 136 valence electrons. The monoisotopic (exact) mass is 378 g/mol. The molecule has 0 bridgehead atoms. The summed E-state index contributed by atoms with van der Waals surface area (Å²) < 4.78 is 5.43. The van der Waals surface area contributed by atoms with Crippen LogP contribution in [0.25, 0.3) is 0 Å². The molecular formula is C21H18N2O3S. The summed E-state index contributed by atoms with van der Waals surface area (Å²) in [6.45, 7) is 0.306. The molecule has 1 aliphatic rings. The van der Waals surface area contributed by atoms with Gasteiger partial charge in [0.1, 0.15) is 12.3 Å². The average Bonchev–Trinajstić information content (AvgIpc) is 3.22. The van der Waals surface area contributed by atoms with Gasteiger partial charge < -0.3 is 14.2 Å². The molecule has 0 spiro atoms. The van der Waals surface area contributed by atoms with Gasteiger partial charge in [0.05, 0.1) is 24.2 Å². The van der Waals surface area contributed by atoms with Crippen LogP contribution in [0, 0.1) is 0 Å². The number of amides is 2. The first kappa shape index (κ1) is 17.4. The first-order valence-corrected chi connectivity index (χ1v) is 9.61. The third kappa shape index (κ3) is 3.75. The molecule has 1 aliphatic heterocycles. The fourth-order valence-corrected chi connectivity index (χ4v) is 3.97. The van der Waals surface area contributed by atoms with Gasteiger partial charge in [0, 0.05) is 10.6 Å². The minimum absolute atomic E-state index is 0.00793. The Morgan fingerprint density at radius 1 is 1.04 bits per heavy atom. The van der Waals surface area contributed by atoms with Gasteiger partial charge >= 0.3 is 0 Å². The smallest absolute Gasteiger partial charge is 0.247 e. The second-order valence-electron chi connectivity index (χ2n) is 6.13. The van der Waals surface area contributed by atoms with Gasteiger partial charge in [-0.25, -0.2) is 0 Å². The predicted octanol–water partition coefficient (Wildman–Crippen LogP) is 3.95. The summed E-state index contributed by atoms with van der Waals surface area (Å²) in [7, 11) is 0. The van der Waals surface area contributed by atoms with E-state index in [9.17, 15) is 9.59 Å². The van der Waals surface area contributed by atoms with E-state index >= 15 is 0 Å². The summed E-state index contributed by atoms with van der Waals surface area (Å²) in [6.07, 6.45) is 1.59. The third-order valence-corrected chi connectivity index (χ3v) is 5.41. The standard InChI is InChI=1S/C21H18N2O3S/c24-20(14-23-18-10-4-5-11-19(18)27-15-21(23)25)22(13-17-9-6-12-26-17)16-7-2-1-3-8-16/h1-12H,13-15H2. The Kier molecular flexibility index (Phi) is 4.98. The van der Waals surface area contributed by atoms with E-state index in [2.05, 4.69) is 0 Å². The Hall–Kier alpha value is -2.99. The summed E-state index contributed by atoms with van der Waals surface area (Å²) in [5.41, 5.74) is 1.56. The van der Waals surface area contributed by atoms with Crippen LogP contribution >= 0.6 is 11.8 Å². The Morgan fingerprint density at radius 3 is 2.59 bits per heavy atom. The molecule has 0 radical (unpaired) electrons. The molecule has 0 N–H and O–H groups in total. The van der Waals surface area contributed by atoms with E-state index < -0.39 is 0 Å². The van der Waals surface area contributed by atoms with Crippen LogP contribution in [0.4, 0.5) is 11.4 Å². The van der Waals surface area contributed by atoms with Gasteiger partial charge in [-0.15, -0.1) is 11.8 Å². The average molecular weight is 378 g/mol. The van der Waals surface area contributed by atoms with Crippen molar-refractivity contribution in [1.82, 2.24) is 0 Å². The molecule has 5 nitrogen and oxygen atoms in total. The van der Waals surface area contributed by atoms with E-state index in [1.807, 2.05) is 60.7 Å². The number of nitrogens with zero attached hydrogens (tertiary/aromatic N) is 2. The van der Waals surface area contributed by atoms with Gasteiger partial charge in [-0.1, -0.05) is 30.3 Å². The lowest BCUT2D eigenvalue weighted by Gasteiger charge is -2.31. The zero-order valence-electron chi connectivity index (χ0n) is 14.6. The van der Waals surface area contributed by atoms with Crippen molar-refractivity contribution < 1.29 is 14.0 Å². The van der Waals surface area contributed by atoms with Crippen molar-refractivity contribution in [3.8, 4) is 0 Å². The van der Waals surface area contributed by atoms with Crippen LogP contribution in [-0.2, 0) is 16.1 Å². The van der Waals surface area contributed by atoms with E-state index in [0.29, 0.717) is 18.1 Å². The van der Waals surface area contributed by atoms with Gasteiger partial charge in [-0.05, 0) is 36.4 Å². The first-order chi connectivity index (χ1) is 13.2. The number of carbonyl (C=O) groups excluding carboxylic acids is 2. The molecule has 3 aromatic rings. The lowest BCUT2D eigenvalue weighted by atomic mass is 10.2. The van der Waals surface area contributed by atoms with Crippen molar-refractivity contribution in [3.63, 3.8) is 0 Å². The molecule has 4 rings (SSSR count). The van der Waals surface area contributed by atoms with Crippen LogP contribution in [0.5, 0.6) is 0 Å². The molecule has 27 heavy (non-hydrogen) atoms. The molecule has 6 heteroatoms. The molecule has 0 saturated heterocycles. The number of anilines is 2. The highest BCUT2D eigenvalue weighted by molar-refractivity contribution is 8.00. The minimum Gasteiger partial charge on any atom is -0.467 e. The van der Waals surface area contributed by atoms with Crippen LogP contribution in [0.3, 0.4) is 0 Å². The number of fused-ring (bicyclic) bond motifs is 1. The molecule has 0 saturated carbocycles. The van der Waals surface area contributed by atoms with E-state index in [1.165, 1.54) is 11.8 Å². The van der Waals surface area contributed by atoms with Crippen LogP contribution in [0.1, 0.15) is 5.76 Å². The molecule has 2 aromatic carbocycles. The molecule has 0 aliphatic carbocycles. The minimum atomic E-state index is -0.160. The zero-order valence-corrected chi connectivity index (χ0v) is 15.4. The van der Waals surface area contributed by atoms with Gasteiger partial charge in [0.25, 0.3) is 0 Å². The van der Waals surface area contributed by atoms with Gasteiger partial charge in [-0.3, -0.25) is 9.59 Å². The quantitative estimate of drug-likeness (QED) is 0.675. The van der Waals surface area contributed by atoms with Crippen molar-refractivity contribution in [2.45, 2.75) is 11.4 Å². The van der Waals surface area contributed by atoms with Crippen molar-refractivity contribution in [1.29, 1.82) is 0 Å². The number of thioether (sulfide) groups is 1. The number of para-hydroxylation sites is 2. The molecule has 0 atom stereocenters. The van der Waals surface area contributed by atoms with Gasteiger partial charge in [0.15, 0.2) is 0 Å². The molecule has 0 fully saturated rings. The number of carbonyl (C=O) groups is 2. The summed E-state index contributed by atoms with van der Waals surface area (Å²) >= 11 is 1.51. The second kappa shape index (κ2) is 7.72. The Bertz CT molecular complexity index is 941. The normalized spacial score (nSPS) is 13.3. The van der Waals surface area contributed by atoms with Crippen LogP contribution in [0.2, 0.25) is 0 Å². The van der Waals surface area contributed by atoms with Crippen molar-refractivity contribution in [3.05, 3.63) is 78.8 Å². The fourth-order valence-electron chi connectivity index (χ4n) is 3.04. The maximum Gasteiger partial charge on any atom is 0.247 e. The summed E-state index contributed by atoms with van der Waals surface area (Å²) in [4.78, 5) is 29.9. The highest BCUT2D eigenvalue weighted by atomic mass is 32.2. The van der Waals surface area contributed by atoms with E-state index in [0.717, 1.165) is 16.3 Å². The number of hydrogen-bond acceptors (Lipinski definition) is 4. The lowest BCUT2D eigenvalue weighted by Crippen LogP contribution is -2.45. The highest BCUT2D eigenvalue weighted by Crippen LogP contribution is 2.35. The molecule has 2 amide bonds. The van der Waals surface area contributed by atoms with Gasteiger partial charge in [0.2, 0.25) is 11.8 Å². The predicted molar refractivity (Wildman–Crippen MR) is 106 cm³/mol. The maximum atomic E-state index is 13.2. The molecule has 0 unspecified atom stereocenters. The highest BCUT2D eigenvalue weighted by Gasteiger charge is 2.28. The number of hydrogen-bond donors (Lipinski definition) is 0. The van der Waals surface area contributed by atoms with Crippen molar-refractivity contribution in [2.24, 2.45) is 0 Å². The van der Waals surface area contributed by atoms with Gasteiger partial charge in [-0.2, -0.15) is 0 Å². The summed E-state index contributed by atoms with van der Waals surface area (Å²) in [5, 5.41) is 0. The second-order valence-corrected chi connectivity index (χ2v) is 7.15. The van der Waals surface area contributed by atoms with Crippen molar-refractivity contribution in [2.75, 3.05) is 22.1 Å². The number of rotatable bonds is 5. The Morgan fingerprint density at radius 2 is 1.81 bits per heavy atom. The fraction of sp³-hybridized carbons (Fsp3) is 0.143. The third-order valence-electron chi connectivity index (χ3n) is 4.36. The molecule has 1 aromatic heterocycles. The number of benzene rings is 2. The van der Waals surface area contributed by atoms with E-state index in [-0.39, 0.29) is 18.4 Å². The van der Waals surface area contributed by atoms with Crippen molar-refractivity contribution >= 4 is 35.0 Å². The van der Waals surface area contributed by atoms with E-state index in [1.54, 1.807) is 22.1 Å². The molecular weight excluding hydrogens is 360 g/mol. The van der Waals surface area contributed by atoms with E-state index in [4.69, 9.17) is 4.42 Å². The zero-order chi connectivity index (χ0) is 18.6. The molecule has 2 heterocycles. The summed E-state index contributed by atoms with van der Waals surface area (Å²) in [6, 6.07) is 20.7. The van der Waals surface area contributed by atoms with Crippen LogP contribution < -0.4 is 9.80 Å².